The highest BCUT2D eigenvalue weighted by Crippen LogP contribution is 2.36. The van der Waals surface area contributed by atoms with E-state index in [9.17, 15) is 0 Å². The average molecular weight is 286 g/mol. The first-order chi connectivity index (χ1) is 9.86. The van der Waals surface area contributed by atoms with Crippen LogP contribution < -0.4 is 5.32 Å². The number of nitrogens with one attached hydrogen (secondary N) is 1. The van der Waals surface area contributed by atoms with Crippen LogP contribution in [0.15, 0.2) is 29.2 Å². The Kier molecular flexibility index (Phi) is 4.67. The quantitative estimate of drug-likeness (QED) is 0.860. The maximum atomic E-state index is 5.39. The second-order valence-electron chi connectivity index (χ2n) is 5.65. The van der Waals surface area contributed by atoms with Gasteiger partial charge < -0.3 is 5.32 Å². The molecule has 0 bridgehead atoms. The molecule has 20 heavy (non-hydrogen) atoms. The standard InChI is InChI=1S/C17H22N2S/c1-2-10-19-11-7-14(8-12-19)18-16-9-13-20-17-6-4-3-5-15(16)17/h1,3-6,14,16,18H,7-13H2. The lowest BCUT2D eigenvalue weighted by atomic mass is 9.99. The Morgan fingerprint density at radius 2 is 2.05 bits per heavy atom. The molecule has 1 atom stereocenters. The van der Waals surface area contributed by atoms with Gasteiger partial charge in [0.25, 0.3) is 0 Å². The van der Waals surface area contributed by atoms with E-state index in [1.165, 1.54) is 35.5 Å². The van der Waals surface area contributed by atoms with E-state index in [1.54, 1.807) is 0 Å². The lowest BCUT2D eigenvalue weighted by Crippen LogP contribution is -2.44. The fraction of sp³-hybridized carbons (Fsp3) is 0.529. The molecule has 0 saturated carbocycles. The summed E-state index contributed by atoms with van der Waals surface area (Å²) >= 11 is 1.99. The second kappa shape index (κ2) is 6.67. The Morgan fingerprint density at radius 3 is 2.85 bits per heavy atom. The minimum absolute atomic E-state index is 0.539. The molecule has 1 aromatic carbocycles. The first kappa shape index (κ1) is 14.0. The number of rotatable bonds is 3. The highest BCUT2D eigenvalue weighted by atomic mass is 32.2. The number of terminal acetylenes is 1. The molecule has 2 aliphatic rings. The zero-order valence-electron chi connectivity index (χ0n) is 11.8. The topological polar surface area (TPSA) is 15.3 Å². The average Bonchev–Trinajstić information content (AvgIpc) is 2.50. The van der Waals surface area contributed by atoms with Gasteiger partial charge in [0.05, 0.1) is 6.54 Å². The van der Waals surface area contributed by atoms with E-state index < -0.39 is 0 Å². The molecule has 3 heteroatoms. The molecule has 106 valence electrons. The summed E-state index contributed by atoms with van der Waals surface area (Å²) in [6.45, 7) is 3.06. The number of benzene rings is 1. The largest absolute Gasteiger partial charge is 0.307 e. The summed E-state index contributed by atoms with van der Waals surface area (Å²) in [7, 11) is 0. The summed E-state index contributed by atoms with van der Waals surface area (Å²) < 4.78 is 0. The van der Waals surface area contributed by atoms with E-state index in [2.05, 4.69) is 40.4 Å². The van der Waals surface area contributed by atoms with Gasteiger partial charge in [-0.1, -0.05) is 24.1 Å². The molecule has 1 saturated heterocycles. The Bertz CT molecular complexity index is 486. The first-order valence-corrected chi connectivity index (χ1v) is 8.49. The Labute approximate surface area is 126 Å². The zero-order valence-corrected chi connectivity index (χ0v) is 12.7. The molecule has 1 aromatic rings. The van der Waals surface area contributed by atoms with Crippen molar-refractivity contribution in [2.24, 2.45) is 0 Å². The number of hydrogen-bond donors (Lipinski definition) is 1. The van der Waals surface area contributed by atoms with Gasteiger partial charge in [-0.05, 0) is 36.6 Å². The van der Waals surface area contributed by atoms with Crippen LogP contribution in [0.1, 0.15) is 30.9 Å². The van der Waals surface area contributed by atoms with Crippen molar-refractivity contribution in [3.05, 3.63) is 29.8 Å². The van der Waals surface area contributed by atoms with Gasteiger partial charge in [-0.3, -0.25) is 4.90 Å². The molecule has 0 aromatic heterocycles. The third kappa shape index (κ3) is 3.20. The molecule has 0 aliphatic carbocycles. The fourth-order valence-electron chi connectivity index (χ4n) is 3.19. The summed E-state index contributed by atoms with van der Waals surface area (Å²) in [6, 6.07) is 10.0. The smallest absolute Gasteiger partial charge is 0.0598 e. The maximum Gasteiger partial charge on any atom is 0.0598 e. The normalized spacial score (nSPS) is 24.1. The van der Waals surface area contributed by atoms with Crippen LogP contribution in [0.4, 0.5) is 0 Å². The van der Waals surface area contributed by atoms with Gasteiger partial charge >= 0.3 is 0 Å². The minimum Gasteiger partial charge on any atom is -0.307 e. The van der Waals surface area contributed by atoms with E-state index >= 15 is 0 Å². The lowest BCUT2D eigenvalue weighted by molar-refractivity contribution is 0.208. The molecular weight excluding hydrogens is 264 g/mol. The zero-order chi connectivity index (χ0) is 13.8. The van der Waals surface area contributed by atoms with Gasteiger partial charge in [-0.2, -0.15) is 0 Å². The molecule has 3 rings (SSSR count). The van der Waals surface area contributed by atoms with Gasteiger partial charge in [0.15, 0.2) is 0 Å². The maximum absolute atomic E-state index is 5.39. The molecule has 0 spiro atoms. The highest BCUT2D eigenvalue weighted by molar-refractivity contribution is 7.99. The van der Waals surface area contributed by atoms with Crippen molar-refractivity contribution < 1.29 is 0 Å². The third-order valence-corrected chi connectivity index (χ3v) is 5.42. The van der Waals surface area contributed by atoms with Crippen molar-refractivity contribution in [3.8, 4) is 12.3 Å². The van der Waals surface area contributed by atoms with Crippen molar-refractivity contribution >= 4 is 11.8 Å². The van der Waals surface area contributed by atoms with Crippen molar-refractivity contribution in [3.63, 3.8) is 0 Å². The molecule has 0 amide bonds. The second-order valence-corrected chi connectivity index (χ2v) is 6.79. The number of nitrogens with zero attached hydrogens (tertiary/aromatic N) is 1. The summed E-state index contributed by atoms with van der Waals surface area (Å²) in [6.07, 6.45) is 9.06. The Morgan fingerprint density at radius 1 is 1.25 bits per heavy atom. The summed E-state index contributed by atoms with van der Waals surface area (Å²) in [4.78, 5) is 3.84. The number of hydrogen-bond acceptors (Lipinski definition) is 3. The minimum atomic E-state index is 0.539. The van der Waals surface area contributed by atoms with E-state index in [1.807, 2.05) is 11.8 Å². The molecule has 2 heterocycles. The first-order valence-electron chi connectivity index (χ1n) is 7.50. The lowest BCUT2D eigenvalue weighted by Gasteiger charge is -2.35. The molecule has 0 radical (unpaired) electrons. The van der Waals surface area contributed by atoms with Crippen molar-refractivity contribution in [2.75, 3.05) is 25.4 Å². The van der Waals surface area contributed by atoms with Crippen LogP contribution in [0.3, 0.4) is 0 Å². The van der Waals surface area contributed by atoms with Crippen LogP contribution >= 0.6 is 11.8 Å². The molecule has 1 fully saturated rings. The summed E-state index contributed by atoms with van der Waals surface area (Å²) in [5.41, 5.74) is 1.50. The Hall–Kier alpha value is -0.950. The van der Waals surface area contributed by atoms with Gasteiger partial charge in [0, 0.05) is 30.1 Å². The van der Waals surface area contributed by atoms with E-state index in [-0.39, 0.29) is 0 Å². The predicted molar refractivity (Wildman–Crippen MR) is 86.0 cm³/mol. The molecule has 2 aliphatic heterocycles. The number of likely N-dealkylation sites (tertiary alicyclic amines) is 1. The van der Waals surface area contributed by atoms with Crippen LogP contribution in [-0.4, -0.2) is 36.3 Å². The number of fused-ring (bicyclic) bond motifs is 1. The highest BCUT2D eigenvalue weighted by Gasteiger charge is 2.25. The van der Waals surface area contributed by atoms with Crippen LogP contribution in [0, 0.1) is 12.3 Å². The predicted octanol–water partition coefficient (Wildman–Crippen LogP) is 2.91. The van der Waals surface area contributed by atoms with Crippen LogP contribution in [-0.2, 0) is 0 Å². The van der Waals surface area contributed by atoms with E-state index in [4.69, 9.17) is 6.42 Å². The summed E-state index contributed by atoms with van der Waals surface area (Å²) in [5.74, 6) is 3.98. The molecule has 1 unspecified atom stereocenters. The van der Waals surface area contributed by atoms with Gasteiger partial charge in [0.1, 0.15) is 0 Å². The third-order valence-electron chi connectivity index (χ3n) is 4.30. The molecular formula is C17H22N2S. The van der Waals surface area contributed by atoms with Crippen LogP contribution in [0.2, 0.25) is 0 Å². The molecule has 1 N–H and O–H groups in total. The van der Waals surface area contributed by atoms with Gasteiger partial charge in [0.2, 0.25) is 0 Å². The van der Waals surface area contributed by atoms with E-state index in [0.29, 0.717) is 12.1 Å². The van der Waals surface area contributed by atoms with E-state index in [0.717, 1.165) is 19.6 Å². The van der Waals surface area contributed by atoms with Crippen LogP contribution in [0.5, 0.6) is 0 Å². The molecule has 2 nitrogen and oxygen atoms in total. The number of piperidine rings is 1. The number of thioether (sulfide) groups is 1. The van der Waals surface area contributed by atoms with Crippen molar-refractivity contribution in [1.82, 2.24) is 10.2 Å². The summed E-state index contributed by atoms with van der Waals surface area (Å²) in [5, 5.41) is 3.88. The fourth-order valence-corrected chi connectivity index (χ4v) is 4.31. The Balaban J connectivity index is 1.59. The van der Waals surface area contributed by atoms with Crippen molar-refractivity contribution in [2.45, 2.75) is 36.2 Å². The SMILES string of the molecule is C#CCN1CCC(NC2CCSc3ccccc32)CC1. The monoisotopic (exact) mass is 286 g/mol. The van der Waals surface area contributed by atoms with Gasteiger partial charge in [-0.15, -0.1) is 18.2 Å². The van der Waals surface area contributed by atoms with Crippen LogP contribution in [0.25, 0.3) is 0 Å². The van der Waals surface area contributed by atoms with Crippen molar-refractivity contribution in [1.29, 1.82) is 0 Å². The van der Waals surface area contributed by atoms with Gasteiger partial charge in [-0.25, -0.2) is 0 Å².